The predicted octanol–water partition coefficient (Wildman–Crippen LogP) is 2.28. The number of aromatic hydroxyl groups is 1. The van der Waals surface area contributed by atoms with Crippen molar-refractivity contribution in [2.24, 2.45) is 0 Å². The van der Waals surface area contributed by atoms with E-state index in [9.17, 15) is 9.90 Å². The number of aromatic carboxylic acids is 1. The molecule has 0 bridgehead atoms. The Bertz CT molecular complexity index is 446. The van der Waals surface area contributed by atoms with Gasteiger partial charge in [-0.3, -0.25) is 0 Å². The average Bonchev–Trinajstić information content (AvgIpc) is 2.12. The first-order valence-corrected chi connectivity index (χ1v) is 5.55. The molecule has 0 radical (unpaired) electrons. The predicted molar refractivity (Wildman–Crippen MR) is 68.4 cm³/mol. The summed E-state index contributed by atoms with van der Waals surface area (Å²) in [5, 5.41) is 18.3. The van der Waals surface area contributed by atoms with Crippen LogP contribution in [0.2, 0.25) is 0 Å². The van der Waals surface area contributed by atoms with Gasteiger partial charge in [-0.05, 0) is 51.2 Å². The van der Waals surface area contributed by atoms with Gasteiger partial charge in [0.05, 0.1) is 9.13 Å². The Morgan fingerprint density at radius 3 is 2.50 bits per heavy atom. The van der Waals surface area contributed by atoms with E-state index in [1.165, 1.54) is 6.07 Å². The van der Waals surface area contributed by atoms with E-state index in [2.05, 4.69) is 5.92 Å². The lowest BCUT2D eigenvalue weighted by atomic mass is 10.1. The van der Waals surface area contributed by atoms with E-state index in [-0.39, 0.29) is 11.3 Å². The van der Waals surface area contributed by atoms with Crippen molar-refractivity contribution < 1.29 is 15.0 Å². The zero-order valence-corrected chi connectivity index (χ0v) is 11.0. The number of hydrogen-bond donors (Lipinski definition) is 2. The SMILES string of the molecule is C#Cc1c(I)cc(C(=O)O)c(O)c1I. The van der Waals surface area contributed by atoms with Gasteiger partial charge in [0.15, 0.2) is 0 Å². The molecule has 3 nitrogen and oxygen atoms in total. The van der Waals surface area contributed by atoms with Crippen LogP contribution >= 0.6 is 45.2 Å². The number of halogens is 2. The summed E-state index contributed by atoms with van der Waals surface area (Å²) < 4.78 is 1.04. The highest BCUT2D eigenvalue weighted by molar-refractivity contribution is 14.1. The topological polar surface area (TPSA) is 57.5 Å². The number of phenols is 1. The van der Waals surface area contributed by atoms with Crippen LogP contribution in [-0.2, 0) is 0 Å². The first kappa shape index (κ1) is 11.6. The fraction of sp³-hybridized carbons (Fsp3) is 0. The van der Waals surface area contributed by atoms with E-state index >= 15 is 0 Å². The molecule has 0 saturated heterocycles. The van der Waals surface area contributed by atoms with Crippen LogP contribution in [0.25, 0.3) is 0 Å². The van der Waals surface area contributed by atoms with Crippen molar-refractivity contribution in [2.45, 2.75) is 0 Å². The maximum absolute atomic E-state index is 10.7. The molecule has 0 unspecified atom stereocenters. The van der Waals surface area contributed by atoms with Crippen LogP contribution in [0.15, 0.2) is 6.07 Å². The molecule has 0 spiro atoms. The lowest BCUT2D eigenvalue weighted by molar-refractivity contribution is 0.0693. The monoisotopic (exact) mass is 414 g/mol. The van der Waals surface area contributed by atoms with E-state index < -0.39 is 5.97 Å². The molecule has 0 aliphatic heterocycles. The third-order valence-electron chi connectivity index (χ3n) is 1.57. The quantitative estimate of drug-likeness (QED) is 0.548. The molecule has 0 saturated carbocycles. The van der Waals surface area contributed by atoms with Crippen LogP contribution in [0.5, 0.6) is 5.75 Å². The van der Waals surface area contributed by atoms with Crippen LogP contribution in [0.1, 0.15) is 15.9 Å². The highest BCUT2D eigenvalue weighted by Gasteiger charge is 2.17. The Balaban J connectivity index is 3.58. The van der Waals surface area contributed by atoms with E-state index in [1.807, 2.05) is 45.2 Å². The van der Waals surface area contributed by atoms with Crippen molar-refractivity contribution in [3.8, 4) is 18.1 Å². The maximum Gasteiger partial charge on any atom is 0.339 e. The lowest BCUT2D eigenvalue weighted by Gasteiger charge is -2.06. The Kier molecular flexibility index (Phi) is 3.60. The molecule has 0 heterocycles. The van der Waals surface area contributed by atoms with E-state index in [0.717, 1.165) is 0 Å². The fourth-order valence-corrected chi connectivity index (χ4v) is 2.89. The molecule has 1 aromatic carbocycles. The summed E-state index contributed by atoms with van der Waals surface area (Å²) in [5.41, 5.74) is 0.395. The molecule has 0 aliphatic rings. The summed E-state index contributed by atoms with van der Waals surface area (Å²) >= 11 is 3.77. The Morgan fingerprint density at radius 1 is 1.50 bits per heavy atom. The highest BCUT2D eigenvalue weighted by Crippen LogP contribution is 2.30. The van der Waals surface area contributed by atoms with Gasteiger partial charge in [-0.15, -0.1) is 6.42 Å². The van der Waals surface area contributed by atoms with Gasteiger partial charge in [0.1, 0.15) is 11.3 Å². The summed E-state index contributed by atoms with van der Waals surface area (Å²) in [6, 6.07) is 1.36. The number of hydrogen-bond acceptors (Lipinski definition) is 2. The first-order chi connectivity index (χ1) is 6.49. The van der Waals surface area contributed by atoms with Gasteiger partial charge in [-0.1, -0.05) is 5.92 Å². The molecule has 0 fully saturated rings. The van der Waals surface area contributed by atoms with E-state index in [4.69, 9.17) is 11.5 Å². The summed E-state index contributed by atoms with van der Waals surface area (Å²) in [6.07, 6.45) is 5.23. The van der Waals surface area contributed by atoms with Gasteiger partial charge < -0.3 is 10.2 Å². The summed E-state index contributed by atoms with van der Waals surface area (Å²) in [5.74, 6) is 0.966. The van der Waals surface area contributed by atoms with Crippen molar-refractivity contribution in [3.63, 3.8) is 0 Å². The molecular weight excluding hydrogens is 410 g/mol. The second-order valence-electron chi connectivity index (χ2n) is 2.39. The van der Waals surface area contributed by atoms with Crippen molar-refractivity contribution in [2.75, 3.05) is 0 Å². The van der Waals surface area contributed by atoms with Crippen molar-refractivity contribution >= 4 is 51.2 Å². The lowest BCUT2D eigenvalue weighted by Crippen LogP contribution is -2.01. The molecule has 0 aromatic heterocycles. The van der Waals surface area contributed by atoms with Crippen LogP contribution in [-0.4, -0.2) is 16.2 Å². The Hall–Kier alpha value is -0.490. The molecule has 1 rings (SSSR count). The van der Waals surface area contributed by atoms with Gasteiger partial charge in [0, 0.05) is 3.57 Å². The molecular formula is C9H4I2O3. The maximum atomic E-state index is 10.7. The second kappa shape index (κ2) is 4.35. The number of carboxylic acids is 1. The highest BCUT2D eigenvalue weighted by atomic mass is 127. The van der Waals surface area contributed by atoms with Crippen molar-refractivity contribution in [1.29, 1.82) is 0 Å². The van der Waals surface area contributed by atoms with Crippen molar-refractivity contribution in [3.05, 3.63) is 24.3 Å². The number of carbonyl (C=O) groups is 1. The van der Waals surface area contributed by atoms with Crippen molar-refractivity contribution in [1.82, 2.24) is 0 Å². The number of carboxylic acid groups (broad SMARTS) is 1. The third-order valence-corrected chi connectivity index (χ3v) is 3.47. The molecule has 14 heavy (non-hydrogen) atoms. The minimum atomic E-state index is -1.16. The van der Waals surface area contributed by atoms with Crippen LogP contribution in [0.4, 0.5) is 0 Å². The molecule has 0 amide bonds. The number of benzene rings is 1. The standard InChI is InChI=1S/C9H4I2O3/c1-2-4-6(10)3-5(9(13)14)8(12)7(4)11/h1,3,12H,(H,13,14). The second-order valence-corrected chi connectivity index (χ2v) is 4.63. The van der Waals surface area contributed by atoms with Gasteiger partial charge in [0.2, 0.25) is 0 Å². The molecule has 0 atom stereocenters. The van der Waals surface area contributed by atoms with Gasteiger partial charge in [0.25, 0.3) is 0 Å². The van der Waals surface area contributed by atoms with Gasteiger partial charge in [-0.2, -0.15) is 0 Å². The summed E-state index contributed by atoms with van der Waals surface area (Å²) in [6.45, 7) is 0. The van der Waals surface area contributed by atoms with Gasteiger partial charge >= 0.3 is 5.97 Å². The van der Waals surface area contributed by atoms with Crippen LogP contribution < -0.4 is 0 Å². The molecule has 0 aliphatic carbocycles. The van der Waals surface area contributed by atoms with Gasteiger partial charge in [-0.25, -0.2) is 4.79 Å². The smallest absolute Gasteiger partial charge is 0.339 e. The Morgan fingerprint density at radius 2 is 2.07 bits per heavy atom. The van der Waals surface area contributed by atoms with Crippen LogP contribution in [0.3, 0.4) is 0 Å². The summed E-state index contributed by atoms with van der Waals surface area (Å²) in [4.78, 5) is 10.7. The number of terminal acetylenes is 1. The fourth-order valence-electron chi connectivity index (χ4n) is 0.904. The average molecular weight is 414 g/mol. The molecule has 5 heteroatoms. The first-order valence-electron chi connectivity index (χ1n) is 3.40. The van der Waals surface area contributed by atoms with Crippen LogP contribution in [0, 0.1) is 19.5 Å². The number of rotatable bonds is 1. The Labute approximate surface area is 108 Å². The largest absolute Gasteiger partial charge is 0.506 e. The molecule has 1 aromatic rings. The summed E-state index contributed by atoms with van der Waals surface area (Å²) in [7, 11) is 0. The normalized spacial score (nSPS) is 9.50. The minimum Gasteiger partial charge on any atom is -0.506 e. The van der Waals surface area contributed by atoms with E-state index in [1.54, 1.807) is 0 Å². The molecule has 2 N–H and O–H groups in total. The molecule has 72 valence electrons. The zero-order chi connectivity index (χ0) is 10.9. The minimum absolute atomic E-state index is 0.127. The zero-order valence-electron chi connectivity index (χ0n) is 6.71. The third kappa shape index (κ3) is 1.95. The van der Waals surface area contributed by atoms with E-state index in [0.29, 0.717) is 12.7 Å².